The quantitative estimate of drug-likeness (QED) is 0.531. The van der Waals surface area contributed by atoms with E-state index in [-0.39, 0.29) is 47.6 Å². The summed E-state index contributed by atoms with van der Waals surface area (Å²) >= 11 is 0. The number of anilines is 1. The van der Waals surface area contributed by atoms with Gasteiger partial charge in [0.15, 0.2) is 11.2 Å². The molecule has 13 heteroatoms. The number of hydrogen-bond acceptors (Lipinski definition) is 9. The summed E-state index contributed by atoms with van der Waals surface area (Å²) in [6.07, 6.45) is -2.03. The van der Waals surface area contributed by atoms with Crippen LogP contribution in [0.4, 0.5) is 19.7 Å². The SMILES string of the molecule is CC(C)NC(=O)Oc1noc2c(F)c3c(cc12)CC1(C(=O)NC(=O)NC1=O)[C@H]1[C@H](C)O[C@H](C)CN31. The average molecular weight is 489 g/mol. The van der Waals surface area contributed by atoms with E-state index < -0.39 is 47.3 Å². The van der Waals surface area contributed by atoms with Crippen molar-refractivity contribution in [1.82, 2.24) is 21.1 Å². The van der Waals surface area contributed by atoms with Crippen molar-refractivity contribution in [2.45, 2.75) is 58.4 Å². The normalized spacial score (nSPS) is 25.3. The van der Waals surface area contributed by atoms with Crippen LogP contribution < -0.4 is 25.6 Å². The third kappa shape index (κ3) is 3.40. The van der Waals surface area contributed by atoms with Gasteiger partial charge in [0.25, 0.3) is 5.88 Å². The molecule has 3 aliphatic heterocycles. The van der Waals surface area contributed by atoms with Crippen LogP contribution in [0.5, 0.6) is 5.88 Å². The Morgan fingerprint density at radius 3 is 2.63 bits per heavy atom. The van der Waals surface area contributed by atoms with Gasteiger partial charge in [0.2, 0.25) is 17.4 Å². The lowest BCUT2D eigenvalue weighted by Gasteiger charge is -2.55. The Labute approximate surface area is 198 Å². The van der Waals surface area contributed by atoms with E-state index in [1.807, 2.05) is 0 Å². The largest absolute Gasteiger partial charge is 0.414 e. The molecule has 5 amide bonds. The molecule has 186 valence electrons. The molecule has 0 radical (unpaired) electrons. The van der Waals surface area contributed by atoms with Crippen molar-refractivity contribution in [3.8, 4) is 5.88 Å². The van der Waals surface area contributed by atoms with Crippen molar-refractivity contribution >= 4 is 40.6 Å². The highest BCUT2D eigenvalue weighted by molar-refractivity contribution is 6.20. The van der Waals surface area contributed by atoms with Crippen molar-refractivity contribution in [3.63, 3.8) is 0 Å². The second kappa shape index (κ2) is 7.90. The highest BCUT2D eigenvalue weighted by Crippen LogP contribution is 2.49. The molecule has 1 aromatic heterocycles. The minimum atomic E-state index is -1.77. The molecular weight excluding hydrogens is 465 g/mol. The van der Waals surface area contributed by atoms with Gasteiger partial charge in [0.05, 0.1) is 29.3 Å². The number of amides is 5. The smallest absolute Gasteiger partial charge is 0.387 e. The van der Waals surface area contributed by atoms with Crippen LogP contribution in [-0.2, 0) is 20.7 Å². The number of barbiturate groups is 1. The van der Waals surface area contributed by atoms with Gasteiger partial charge >= 0.3 is 12.1 Å². The molecule has 0 bridgehead atoms. The molecule has 3 atom stereocenters. The van der Waals surface area contributed by atoms with Gasteiger partial charge in [-0.05, 0) is 44.5 Å². The highest BCUT2D eigenvalue weighted by Gasteiger charge is 2.63. The third-order valence-corrected chi connectivity index (χ3v) is 6.53. The standard InChI is InChI=1S/C22H24FN5O7/c1-8(2)24-21(32)34-17-12-5-11-6-22(18(29)25-20(31)26-19(22)30)16-10(4)33-9(3)7-28(16)14(11)13(23)15(12)35-27-17/h5,8-10,16H,6-7H2,1-4H3,(H,24,32)(H2,25,26,29,30,31)/t9-,10+,16-/m1/s1. The molecule has 2 fully saturated rings. The topological polar surface area (TPSA) is 152 Å². The van der Waals surface area contributed by atoms with Gasteiger partial charge in [-0.25, -0.2) is 14.0 Å². The minimum Gasteiger partial charge on any atom is -0.387 e. The maximum atomic E-state index is 15.9. The summed E-state index contributed by atoms with van der Waals surface area (Å²) in [6.45, 7) is 7.14. The number of benzene rings is 1. The molecule has 1 spiro atoms. The van der Waals surface area contributed by atoms with Gasteiger partial charge in [-0.1, -0.05) is 0 Å². The number of nitrogens with zero attached hydrogens (tertiary/aromatic N) is 2. The van der Waals surface area contributed by atoms with Crippen molar-refractivity contribution < 1.29 is 37.6 Å². The van der Waals surface area contributed by atoms with Gasteiger partial charge in [-0.3, -0.25) is 20.2 Å². The Balaban J connectivity index is 1.68. The van der Waals surface area contributed by atoms with E-state index in [4.69, 9.17) is 14.0 Å². The summed E-state index contributed by atoms with van der Waals surface area (Å²) < 4.78 is 32.2. The molecule has 5 rings (SSSR count). The van der Waals surface area contributed by atoms with Gasteiger partial charge < -0.3 is 24.2 Å². The number of morpholine rings is 1. The Morgan fingerprint density at radius 2 is 1.97 bits per heavy atom. The number of urea groups is 1. The molecule has 12 nitrogen and oxygen atoms in total. The van der Waals surface area contributed by atoms with Crippen LogP contribution in [0.2, 0.25) is 0 Å². The minimum absolute atomic E-state index is 0.0656. The number of carbonyl (C=O) groups is 4. The molecule has 0 aliphatic carbocycles. The number of halogens is 1. The van der Waals surface area contributed by atoms with Crippen molar-refractivity contribution in [3.05, 3.63) is 17.4 Å². The van der Waals surface area contributed by atoms with Gasteiger partial charge in [0, 0.05) is 19.0 Å². The molecule has 35 heavy (non-hydrogen) atoms. The number of hydrogen-bond donors (Lipinski definition) is 3. The van der Waals surface area contributed by atoms with Crippen molar-refractivity contribution in [1.29, 1.82) is 0 Å². The van der Waals surface area contributed by atoms with Crippen LogP contribution in [0, 0.1) is 11.2 Å². The lowest BCUT2D eigenvalue weighted by atomic mass is 9.66. The van der Waals surface area contributed by atoms with Crippen LogP contribution in [0.15, 0.2) is 10.6 Å². The van der Waals surface area contributed by atoms with Crippen LogP contribution in [0.3, 0.4) is 0 Å². The lowest BCUT2D eigenvalue weighted by molar-refractivity contribution is -0.153. The van der Waals surface area contributed by atoms with E-state index in [9.17, 15) is 19.2 Å². The molecule has 4 heterocycles. The lowest BCUT2D eigenvalue weighted by Crippen LogP contribution is -2.75. The molecule has 3 N–H and O–H groups in total. The summed E-state index contributed by atoms with van der Waals surface area (Å²) in [7, 11) is 0. The van der Waals surface area contributed by atoms with Crippen molar-refractivity contribution in [2.24, 2.45) is 5.41 Å². The molecule has 0 unspecified atom stereocenters. The van der Waals surface area contributed by atoms with E-state index in [0.717, 1.165) is 0 Å². The maximum absolute atomic E-state index is 15.9. The van der Waals surface area contributed by atoms with E-state index in [1.54, 1.807) is 32.6 Å². The first-order valence-electron chi connectivity index (χ1n) is 11.2. The number of ether oxygens (including phenoxy) is 2. The predicted molar refractivity (Wildman–Crippen MR) is 117 cm³/mol. The molecule has 3 aliphatic rings. The number of rotatable bonds is 2. The molecular formula is C22H24FN5O7. The summed E-state index contributed by atoms with van der Waals surface area (Å²) in [5, 5.41) is 10.7. The summed E-state index contributed by atoms with van der Waals surface area (Å²) in [6, 6.07) is -0.546. The van der Waals surface area contributed by atoms with Crippen LogP contribution in [0.1, 0.15) is 33.3 Å². The van der Waals surface area contributed by atoms with E-state index >= 15 is 4.39 Å². The maximum Gasteiger partial charge on any atom is 0.414 e. The number of aromatic nitrogens is 1. The first-order chi connectivity index (χ1) is 16.5. The zero-order valence-electron chi connectivity index (χ0n) is 19.4. The Kier molecular flexibility index (Phi) is 5.20. The summed E-state index contributed by atoms with van der Waals surface area (Å²) in [4.78, 5) is 52.0. The second-order valence-corrected chi connectivity index (χ2v) is 9.39. The van der Waals surface area contributed by atoms with Gasteiger partial charge in [-0.2, -0.15) is 0 Å². The Hall–Kier alpha value is -3.74. The first-order valence-corrected chi connectivity index (χ1v) is 11.2. The van der Waals surface area contributed by atoms with Crippen LogP contribution in [0.25, 0.3) is 11.0 Å². The Morgan fingerprint density at radius 1 is 1.29 bits per heavy atom. The van der Waals surface area contributed by atoms with Crippen LogP contribution >= 0.6 is 0 Å². The summed E-state index contributed by atoms with van der Waals surface area (Å²) in [5.41, 5.74) is -1.56. The zero-order valence-corrected chi connectivity index (χ0v) is 19.4. The monoisotopic (exact) mass is 489 g/mol. The summed E-state index contributed by atoms with van der Waals surface area (Å²) in [5.74, 6) is -2.61. The Bertz CT molecular complexity index is 1250. The molecule has 1 aromatic carbocycles. The van der Waals surface area contributed by atoms with Crippen molar-refractivity contribution in [2.75, 3.05) is 11.4 Å². The number of carbonyl (C=O) groups excluding carboxylic acids is 4. The number of imide groups is 2. The zero-order chi connectivity index (χ0) is 25.2. The van der Waals surface area contributed by atoms with E-state index in [0.29, 0.717) is 5.56 Å². The van der Waals surface area contributed by atoms with Crippen LogP contribution in [-0.4, -0.2) is 59.9 Å². The number of nitrogens with one attached hydrogen (secondary N) is 3. The first kappa shape index (κ1) is 23.0. The molecule has 2 aromatic rings. The second-order valence-electron chi connectivity index (χ2n) is 9.39. The molecule has 0 saturated carbocycles. The fourth-order valence-electron chi connectivity index (χ4n) is 5.35. The number of fused-ring (bicyclic) bond motifs is 5. The van der Waals surface area contributed by atoms with Gasteiger partial charge in [-0.15, -0.1) is 0 Å². The molecule has 2 saturated heterocycles. The fourth-order valence-corrected chi connectivity index (χ4v) is 5.35. The van der Waals surface area contributed by atoms with Gasteiger partial charge in [0.1, 0.15) is 0 Å². The fraction of sp³-hybridized carbons (Fsp3) is 0.500. The third-order valence-electron chi connectivity index (χ3n) is 6.53. The van der Waals surface area contributed by atoms with E-state index in [2.05, 4.69) is 21.1 Å². The predicted octanol–water partition coefficient (Wildman–Crippen LogP) is 1.35. The average Bonchev–Trinajstić information content (AvgIpc) is 3.13. The highest BCUT2D eigenvalue weighted by atomic mass is 19.1. The van der Waals surface area contributed by atoms with E-state index in [1.165, 1.54) is 6.07 Å².